The van der Waals surface area contributed by atoms with Crippen LogP contribution in [0.1, 0.15) is 17.3 Å². The van der Waals surface area contributed by atoms with Gasteiger partial charge in [-0.05, 0) is 12.1 Å². The topological polar surface area (TPSA) is 49.4 Å². The summed E-state index contributed by atoms with van der Waals surface area (Å²) in [4.78, 5) is 23.8. The molecule has 0 radical (unpaired) electrons. The Kier molecular flexibility index (Phi) is 3.85. The van der Waals surface area contributed by atoms with Crippen molar-refractivity contribution in [2.75, 3.05) is 13.7 Å². The fourth-order valence-electron chi connectivity index (χ4n) is 0.993. The highest BCUT2D eigenvalue weighted by atomic mass is 16.2. The van der Waals surface area contributed by atoms with Crippen molar-refractivity contribution in [2.45, 2.75) is 6.92 Å². The first-order valence-electron chi connectivity index (χ1n) is 4.66. The Morgan fingerprint density at radius 1 is 1.27 bits per heavy atom. The van der Waals surface area contributed by atoms with Crippen LogP contribution >= 0.6 is 0 Å². The lowest BCUT2D eigenvalue weighted by molar-refractivity contribution is -0.127. The van der Waals surface area contributed by atoms with Crippen LogP contribution in [-0.2, 0) is 4.79 Å². The smallest absolute Gasteiger partial charge is 0.252 e. The lowest BCUT2D eigenvalue weighted by Gasteiger charge is -2.15. The number of benzene rings is 1. The summed E-state index contributed by atoms with van der Waals surface area (Å²) in [6.45, 7) is 1.68. The number of nitrogens with zero attached hydrogens (tertiary/aromatic N) is 1. The minimum absolute atomic E-state index is 0.0802. The molecule has 0 heterocycles. The van der Waals surface area contributed by atoms with E-state index in [4.69, 9.17) is 0 Å². The van der Waals surface area contributed by atoms with E-state index in [0.717, 1.165) is 0 Å². The fourth-order valence-corrected chi connectivity index (χ4v) is 0.993. The Bertz CT molecular complexity index is 349. The first kappa shape index (κ1) is 11.2. The first-order chi connectivity index (χ1) is 7.11. The van der Waals surface area contributed by atoms with Crippen LogP contribution in [-0.4, -0.2) is 30.4 Å². The summed E-state index contributed by atoms with van der Waals surface area (Å²) in [6.07, 6.45) is 0. The van der Waals surface area contributed by atoms with Crippen molar-refractivity contribution < 1.29 is 9.59 Å². The van der Waals surface area contributed by atoms with Crippen molar-refractivity contribution in [3.8, 4) is 0 Å². The van der Waals surface area contributed by atoms with Crippen LogP contribution in [0.3, 0.4) is 0 Å². The number of carbonyl (C=O) groups excluding carboxylic acids is 2. The maximum Gasteiger partial charge on any atom is 0.252 e. The van der Waals surface area contributed by atoms with Gasteiger partial charge in [0.25, 0.3) is 5.91 Å². The third-order valence-corrected chi connectivity index (χ3v) is 2.05. The van der Waals surface area contributed by atoms with Gasteiger partial charge >= 0.3 is 0 Å². The summed E-state index contributed by atoms with van der Waals surface area (Å²) in [5, 5.41) is 2.65. The van der Waals surface area contributed by atoms with Gasteiger partial charge in [0.1, 0.15) is 0 Å². The van der Waals surface area contributed by atoms with Crippen LogP contribution in [0.5, 0.6) is 0 Å². The van der Waals surface area contributed by atoms with Gasteiger partial charge in [0.15, 0.2) is 0 Å². The Morgan fingerprint density at radius 2 is 1.87 bits per heavy atom. The maximum absolute atomic E-state index is 11.5. The predicted molar refractivity (Wildman–Crippen MR) is 57.2 cm³/mol. The zero-order valence-electron chi connectivity index (χ0n) is 8.86. The molecule has 0 saturated heterocycles. The molecule has 1 N–H and O–H groups in total. The zero-order chi connectivity index (χ0) is 11.3. The molecule has 0 fully saturated rings. The van der Waals surface area contributed by atoms with Gasteiger partial charge in [0.2, 0.25) is 5.91 Å². The van der Waals surface area contributed by atoms with Gasteiger partial charge < -0.3 is 10.2 Å². The van der Waals surface area contributed by atoms with E-state index < -0.39 is 0 Å². The molecule has 0 aromatic heterocycles. The van der Waals surface area contributed by atoms with Gasteiger partial charge in [0, 0.05) is 19.5 Å². The van der Waals surface area contributed by atoms with Gasteiger partial charge in [-0.1, -0.05) is 18.2 Å². The zero-order valence-corrected chi connectivity index (χ0v) is 8.86. The quantitative estimate of drug-likeness (QED) is 0.745. The van der Waals surface area contributed by atoms with E-state index in [0.29, 0.717) is 5.56 Å². The molecule has 0 unspecified atom stereocenters. The Hall–Kier alpha value is -1.84. The lowest BCUT2D eigenvalue weighted by atomic mass is 10.2. The summed E-state index contributed by atoms with van der Waals surface area (Å²) < 4.78 is 0. The lowest BCUT2D eigenvalue weighted by Crippen LogP contribution is -2.37. The number of rotatable bonds is 3. The number of nitrogens with one attached hydrogen (secondary N) is 1. The molecule has 1 rings (SSSR count). The van der Waals surface area contributed by atoms with Gasteiger partial charge in [-0.25, -0.2) is 0 Å². The molecule has 0 saturated carbocycles. The average Bonchev–Trinajstić information content (AvgIpc) is 2.26. The molecular weight excluding hydrogens is 192 g/mol. The van der Waals surface area contributed by atoms with Crippen molar-refractivity contribution in [2.24, 2.45) is 0 Å². The molecule has 15 heavy (non-hydrogen) atoms. The monoisotopic (exact) mass is 206 g/mol. The van der Waals surface area contributed by atoms with Crippen LogP contribution in [0.4, 0.5) is 0 Å². The highest BCUT2D eigenvalue weighted by Gasteiger charge is 2.06. The SMILES string of the molecule is CC(=O)N(C)CNC(=O)c1ccccc1. The fraction of sp³-hybridized carbons (Fsp3) is 0.273. The van der Waals surface area contributed by atoms with Gasteiger partial charge in [-0.3, -0.25) is 9.59 Å². The number of hydrogen-bond donors (Lipinski definition) is 1. The van der Waals surface area contributed by atoms with E-state index in [1.54, 1.807) is 31.3 Å². The summed E-state index contributed by atoms with van der Waals surface area (Å²) >= 11 is 0. The molecule has 0 aliphatic rings. The van der Waals surface area contributed by atoms with Crippen LogP contribution in [0.2, 0.25) is 0 Å². The minimum Gasteiger partial charge on any atom is -0.334 e. The second-order valence-corrected chi connectivity index (χ2v) is 3.25. The molecule has 4 nitrogen and oxygen atoms in total. The van der Waals surface area contributed by atoms with Crippen molar-refractivity contribution in [1.29, 1.82) is 0 Å². The molecular formula is C11H14N2O2. The second kappa shape index (κ2) is 5.14. The maximum atomic E-state index is 11.5. The highest BCUT2D eigenvalue weighted by molar-refractivity contribution is 5.94. The molecule has 0 aliphatic heterocycles. The highest BCUT2D eigenvalue weighted by Crippen LogP contribution is 1.97. The molecule has 1 aromatic rings. The van der Waals surface area contributed by atoms with Crippen molar-refractivity contribution in [1.82, 2.24) is 10.2 Å². The van der Waals surface area contributed by atoms with E-state index in [-0.39, 0.29) is 18.5 Å². The van der Waals surface area contributed by atoms with Crippen LogP contribution in [0.25, 0.3) is 0 Å². The Labute approximate surface area is 88.9 Å². The molecule has 0 atom stereocenters. The van der Waals surface area contributed by atoms with Crippen molar-refractivity contribution in [3.63, 3.8) is 0 Å². The van der Waals surface area contributed by atoms with E-state index in [9.17, 15) is 9.59 Å². The summed E-state index contributed by atoms with van der Waals surface area (Å²) in [7, 11) is 1.63. The van der Waals surface area contributed by atoms with Gasteiger partial charge in [0.05, 0.1) is 6.67 Å². The van der Waals surface area contributed by atoms with Gasteiger partial charge in [-0.2, -0.15) is 0 Å². The number of carbonyl (C=O) groups is 2. The summed E-state index contributed by atoms with van der Waals surface area (Å²) in [5.41, 5.74) is 0.592. The third kappa shape index (κ3) is 3.42. The molecule has 4 heteroatoms. The largest absolute Gasteiger partial charge is 0.334 e. The molecule has 0 bridgehead atoms. The van der Waals surface area contributed by atoms with Crippen LogP contribution in [0, 0.1) is 0 Å². The Balaban J connectivity index is 2.47. The third-order valence-electron chi connectivity index (χ3n) is 2.05. The first-order valence-corrected chi connectivity index (χ1v) is 4.66. The Morgan fingerprint density at radius 3 is 2.40 bits per heavy atom. The predicted octanol–water partition coefficient (Wildman–Crippen LogP) is 0.852. The molecule has 80 valence electrons. The standard InChI is InChI=1S/C11H14N2O2/c1-9(14)13(2)8-12-11(15)10-6-4-3-5-7-10/h3-7H,8H2,1-2H3,(H,12,15). The van der Waals surface area contributed by atoms with Gasteiger partial charge in [-0.15, -0.1) is 0 Å². The van der Waals surface area contributed by atoms with Crippen molar-refractivity contribution in [3.05, 3.63) is 35.9 Å². The minimum atomic E-state index is -0.177. The molecule has 1 aromatic carbocycles. The molecule has 0 aliphatic carbocycles. The second-order valence-electron chi connectivity index (χ2n) is 3.25. The molecule has 2 amide bonds. The average molecular weight is 206 g/mol. The van der Waals surface area contributed by atoms with Crippen LogP contribution in [0.15, 0.2) is 30.3 Å². The number of hydrogen-bond acceptors (Lipinski definition) is 2. The molecule has 0 spiro atoms. The summed E-state index contributed by atoms with van der Waals surface area (Å²) in [6, 6.07) is 8.89. The number of amides is 2. The van der Waals surface area contributed by atoms with E-state index in [1.807, 2.05) is 6.07 Å². The van der Waals surface area contributed by atoms with E-state index >= 15 is 0 Å². The van der Waals surface area contributed by atoms with Crippen LogP contribution < -0.4 is 5.32 Å². The van der Waals surface area contributed by atoms with E-state index in [2.05, 4.69) is 5.32 Å². The summed E-state index contributed by atoms with van der Waals surface area (Å²) in [5.74, 6) is -0.257. The van der Waals surface area contributed by atoms with Crippen molar-refractivity contribution >= 4 is 11.8 Å². The van der Waals surface area contributed by atoms with E-state index in [1.165, 1.54) is 11.8 Å². The normalized spacial score (nSPS) is 9.47.